The van der Waals surface area contributed by atoms with Crippen LogP contribution in [-0.4, -0.2) is 33.2 Å². The number of rotatable bonds is 8. The average Bonchev–Trinajstić information content (AvgIpc) is 2.43. The van der Waals surface area contributed by atoms with Crippen molar-refractivity contribution in [1.82, 2.24) is 5.32 Å². The molecule has 0 spiro atoms. The van der Waals surface area contributed by atoms with Crippen molar-refractivity contribution in [3.8, 4) is 0 Å². The third kappa shape index (κ3) is 6.22. The van der Waals surface area contributed by atoms with E-state index in [9.17, 15) is 13.2 Å². The Balaban J connectivity index is 2.68. The van der Waals surface area contributed by atoms with E-state index in [0.29, 0.717) is 31.0 Å². The second kappa shape index (κ2) is 8.34. The standard InChI is InChI=1S/C17H28N2O3S/c1-13(2)15(4)18-17(20)11-8-12-19(23(5,21)22)16-10-7-6-9-14(16)3/h6-7,9-10,13,15H,8,11-12H2,1-5H3,(H,18,20)/t15-/m0/s1. The number of carbonyl (C=O) groups is 1. The smallest absolute Gasteiger partial charge is 0.232 e. The average molecular weight is 340 g/mol. The molecule has 0 fully saturated rings. The fourth-order valence-electron chi connectivity index (χ4n) is 2.18. The fourth-order valence-corrected chi connectivity index (χ4v) is 3.21. The molecule has 0 aliphatic heterocycles. The Bertz CT molecular complexity index is 626. The molecule has 23 heavy (non-hydrogen) atoms. The first kappa shape index (κ1) is 19.5. The van der Waals surface area contributed by atoms with E-state index in [-0.39, 0.29) is 11.9 Å². The Labute approximate surface area is 140 Å². The highest BCUT2D eigenvalue weighted by Gasteiger charge is 2.19. The predicted octanol–water partition coefficient (Wildman–Crippen LogP) is 2.70. The van der Waals surface area contributed by atoms with E-state index in [0.717, 1.165) is 5.56 Å². The number of aryl methyl sites for hydroxylation is 1. The summed E-state index contributed by atoms with van der Waals surface area (Å²) < 4.78 is 25.5. The third-order valence-corrected chi connectivity index (χ3v) is 5.12. The highest BCUT2D eigenvalue weighted by molar-refractivity contribution is 7.92. The maximum Gasteiger partial charge on any atom is 0.232 e. The zero-order valence-corrected chi connectivity index (χ0v) is 15.5. The Morgan fingerprint density at radius 2 is 1.83 bits per heavy atom. The van der Waals surface area contributed by atoms with Crippen LogP contribution in [0.25, 0.3) is 0 Å². The normalized spacial score (nSPS) is 13.0. The van der Waals surface area contributed by atoms with Crippen LogP contribution in [0, 0.1) is 12.8 Å². The van der Waals surface area contributed by atoms with Crippen LogP contribution >= 0.6 is 0 Å². The Kier molecular flexibility index (Phi) is 7.06. The lowest BCUT2D eigenvalue weighted by molar-refractivity contribution is -0.122. The number of anilines is 1. The number of para-hydroxylation sites is 1. The zero-order chi connectivity index (χ0) is 17.6. The van der Waals surface area contributed by atoms with Crippen LogP contribution in [0.2, 0.25) is 0 Å². The topological polar surface area (TPSA) is 66.5 Å². The molecule has 0 aliphatic rings. The van der Waals surface area contributed by atoms with Gasteiger partial charge in [-0.25, -0.2) is 8.42 Å². The van der Waals surface area contributed by atoms with Gasteiger partial charge in [-0.15, -0.1) is 0 Å². The number of hydrogen-bond acceptors (Lipinski definition) is 3. The summed E-state index contributed by atoms with van der Waals surface area (Å²) in [6, 6.07) is 7.48. The van der Waals surface area contributed by atoms with Gasteiger partial charge in [0, 0.05) is 19.0 Å². The SMILES string of the molecule is Cc1ccccc1N(CCCC(=O)N[C@@H](C)C(C)C)S(C)(=O)=O. The van der Waals surface area contributed by atoms with Crippen molar-refractivity contribution in [2.75, 3.05) is 17.1 Å². The molecule has 1 aromatic carbocycles. The van der Waals surface area contributed by atoms with Crippen LogP contribution in [0.3, 0.4) is 0 Å². The number of carbonyl (C=O) groups excluding carboxylic acids is 1. The van der Waals surface area contributed by atoms with Gasteiger partial charge in [-0.2, -0.15) is 0 Å². The number of amides is 1. The first-order valence-electron chi connectivity index (χ1n) is 7.95. The van der Waals surface area contributed by atoms with Crippen molar-refractivity contribution in [3.05, 3.63) is 29.8 Å². The quantitative estimate of drug-likeness (QED) is 0.791. The molecule has 1 rings (SSSR count). The summed E-state index contributed by atoms with van der Waals surface area (Å²) >= 11 is 0. The first-order valence-corrected chi connectivity index (χ1v) is 9.80. The van der Waals surface area contributed by atoms with Crippen LogP contribution in [-0.2, 0) is 14.8 Å². The molecule has 0 unspecified atom stereocenters. The third-order valence-electron chi connectivity index (χ3n) is 3.94. The van der Waals surface area contributed by atoms with Crippen molar-refractivity contribution in [2.24, 2.45) is 5.92 Å². The van der Waals surface area contributed by atoms with Gasteiger partial charge in [0.2, 0.25) is 15.9 Å². The van der Waals surface area contributed by atoms with E-state index in [4.69, 9.17) is 0 Å². The molecule has 1 N–H and O–H groups in total. The van der Waals surface area contributed by atoms with Crippen LogP contribution in [0.5, 0.6) is 0 Å². The van der Waals surface area contributed by atoms with Gasteiger partial charge in [0.05, 0.1) is 11.9 Å². The lowest BCUT2D eigenvalue weighted by atomic mass is 10.1. The summed E-state index contributed by atoms with van der Waals surface area (Å²) in [5, 5.41) is 2.94. The molecule has 0 saturated heterocycles. The van der Waals surface area contributed by atoms with Gasteiger partial charge in [0.1, 0.15) is 0 Å². The van der Waals surface area contributed by atoms with Gasteiger partial charge in [0.25, 0.3) is 0 Å². The first-order chi connectivity index (χ1) is 10.6. The van der Waals surface area contributed by atoms with Gasteiger partial charge in [-0.1, -0.05) is 32.0 Å². The van der Waals surface area contributed by atoms with Gasteiger partial charge in [-0.3, -0.25) is 9.10 Å². The molecule has 1 aromatic rings. The molecule has 130 valence electrons. The molecule has 0 saturated carbocycles. The minimum atomic E-state index is -3.37. The number of nitrogens with one attached hydrogen (secondary N) is 1. The lowest BCUT2D eigenvalue weighted by Gasteiger charge is -2.24. The minimum Gasteiger partial charge on any atom is -0.353 e. The number of benzene rings is 1. The molecule has 0 aromatic heterocycles. The molecule has 0 heterocycles. The van der Waals surface area contributed by atoms with E-state index in [1.54, 1.807) is 6.07 Å². The second-order valence-corrected chi connectivity index (χ2v) is 8.23. The van der Waals surface area contributed by atoms with Gasteiger partial charge in [-0.05, 0) is 37.8 Å². The van der Waals surface area contributed by atoms with Crippen molar-refractivity contribution in [3.63, 3.8) is 0 Å². The highest BCUT2D eigenvalue weighted by atomic mass is 32.2. The maximum absolute atomic E-state index is 12.1. The minimum absolute atomic E-state index is 0.0376. The van der Waals surface area contributed by atoms with Gasteiger partial charge >= 0.3 is 0 Å². The zero-order valence-electron chi connectivity index (χ0n) is 14.7. The molecule has 5 nitrogen and oxygen atoms in total. The molecular formula is C17H28N2O3S. The summed E-state index contributed by atoms with van der Waals surface area (Å²) in [4.78, 5) is 11.9. The van der Waals surface area contributed by atoms with Crippen molar-refractivity contribution >= 4 is 21.6 Å². The van der Waals surface area contributed by atoms with Crippen molar-refractivity contribution in [2.45, 2.75) is 46.6 Å². The highest BCUT2D eigenvalue weighted by Crippen LogP contribution is 2.22. The summed E-state index contributed by atoms with van der Waals surface area (Å²) in [5.74, 6) is 0.336. The lowest BCUT2D eigenvalue weighted by Crippen LogP contribution is -2.37. The van der Waals surface area contributed by atoms with E-state index in [1.807, 2.05) is 32.0 Å². The second-order valence-electron chi connectivity index (χ2n) is 6.33. The molecule has 0 aliphatic carbocycles. The molecule has 1 amide bonds. The molecule has 0 bridgehead atoms. The molecule has 1 atom stereocenters. The van der Waals surface area contributed by atoms with E-state index in [1.165, 1.54) is 10.6 Å². The predicted molar refractivity (Wildman–Crippen MR) is 95.0 cm³/mol. The van der Waals surface area contributed by atoms with Crippen LogP contribution in [0.1, 0.15) is 39.2 Å². The molecular weight excluding hydrogens is 312 g/mol. The van der Waals surface area contributed by atoms with Gasteiger partial charge < -0.3 is 5.32 Å². The van der Waals surface area contributed by atoms with Gasteiger partial charge in [0.15, 0.2) is 0 Å². The monoisotopic (exact) mass is 340 g/mol. The number of sulfonamides is 1. The Hall–Kier alpha value is -1.56. The molecule has 6 heteroatoms. The number of hydrogen-bond donors (Lipinski definition) is 1. The van der Waals surface area contributed by atoms with E-state index in [2.05, 4.69) is 19.2 Å². The Morgan fingerprint density at radius 1 is 1.22 bits per heavy atom. The Morgan fingerprint density at radius 3 is 2.35 bits per heavy atom. The summed E-state index contributed by atoms with van der Waals surface area (Å²) in [6.45, 7) is 8.25. The fraction of sp³-hybridized carbons (Fsp3) is 0.588. The van der Waals surface area contributed by atoms with Crippen molar-refractivity contribution in [1.29, 1.82) is 0 Å². The molecule has 0 radical (unpaired) electrons. The summed E-state index contributed by atoms with van der Waals surface area (Å²) in [5.41, 5.74) is 1.57. The van der Waals surface area contributed by atoms with Crippen LogP contribution in [0.15, 0.2) is 24.3 Å². The largest absolute Gasteiger partial charge is 0.353 e. The summed E-state index contributed by atoms with van der Waals surface area (Å²) in [7, 11) is -3.37. The van der Waals surface area contributed by atoms with E-state index >= 15 is 0 Å². The maximum atomic E-state index is 12.1. The summed E-state index contributed by atoms with van der Waals surface area (Å²) in [6.07, 6.45) is 1.99. The van der Waals surface area contributed by atoms with Crippen LogP contribution < -0.4 is 9.62 Å². The van der Waals surface area contributed by atoms with E-state index < -0.39 is 10.0 Å². The van der Waals surface area contributed by atoms with Crippen molar-refractivity contribution < 1.29 is 13.2 Å². The van der Waals surface area contributed by atoms with Crippen LogP contribution in [0.4, 0.5) is 5.69 Å². The number of nitrogens with zero attached hydrogens (tertiary/aromatic N) is 1.